The van der Waals surface area contributed by atoms with E-state index in [1.54, 1.807) is 36.4 Å². The molecule has 0 amide bonds. The second-order valence-electron chi connectivity index (χ2n) is 5.28. The molecule has 2 rings (SSSR count). The number of nitrogens with zero attached hydrogens (tertiary/aromatic N) is 1. The van der Waals surface area contributed by atoms with Crippen molar-refractivity contribution >= 4 is 17.6 Å². The lowest BCUT2D eigenvalue weighted by molar-refractivity contribution is 0.0697. The number of hydrogen-bond acceptors (Lipinski definition) is 4. The van der Waals surface area contributed by atoms with Crippen LogP contribution in [0.3, 0.4) is 0 Å². The number of aromatic carboxylic acids is 1. The first-order chi connectivity index (χ1) is 12.0. The van der Waals surface area contributed by atoms with Crippen LogP contribution in [0.1, 0.15) is 27.0 Å². The van der Waals surface area contributed by atoms with Gasteiger partial charge in [-0.2, -0.15) is 5.26 Å². The van der Waals surface area contributed by atoms with E-state index in [9.17, 15) is 15.2 Å². The smallest absolute Gasteiger partial charge is 0.335 e. The average molecular weight is 335 g/mol. The van der Waals surface area contributed by atoms with E-state index in [1.165, 1.54) is 19.2 Å². The second-order valence-corrected chi connectivity index (χ2v) is 5.28. The van der Waals surface area contributed by atoms with Crippen LogP contribution in [0.25, 0.3) is 11.6 Å². The van der Waals surface area contributed by atoms with Gasteiger partial charge in [0.05, 0.1) is 24.3 Å². The minimum atomic E-state index is -1.02. The summed E-state index contributed by atoms with van der Waals surface area (Å²) in [6.45, 7) is 3.66. The van der Waals surface area contributed by atoms with Crippen LogP contribution < -0.4 is 4.74 Å². The molecule has 0 spiro atoms. The molecule has 0 aliphatic rings. The van der Waals surface area contributed by atoms with Gasteiger partial charge < -0.3 is 14.9 Å². The number of aromatic hydroxyl groups is 1. The predicted octanol–water partition coefficient (Wildman–Crippen LogP) is 3.89. The number of methoxy groups -OCH3 is 1. The Hall–Kier alpha value is -3.52. The summed E-state index contributed by atoms with van der Waals surface area (Å²) in [7, 11) is 1.45. The van der Waals surface area contributed by atoms with E-state index in [2.05, 4.69) is 12.6 Å². The lowest BCUT2D eigenvalue weighted by Gasteiger charge is -2.10. The summed E-state index contributed by atoms with van der Waals surface area (Å²) in [6, 6.07) is 11.6. The topological polar surface area (TPSA) is 90.6 Å². The summed E-state index contributed by atoms with van der Waals surface area (Å²) in [4.78, 5) is 10.9. The normalized spacial score (nSPS) is 10.8. The molecule has 0 unspecified atom stereocenters. The standard InChI is InChI=1S/C20H17NO4/c1-3-4-16-9-13(11-18(25-2)19(16)22)10-17(12-21)14-5-7-15(8-6-14)20(23)24/h3,5-11,22H,1,4H2,2H3,(H,23,24)/b17-10-. The van der Waals surface area contributed by atoms with Crippen LogP contribution >= 0.6 is 0 Å². The first kappa shape index (κ1) is 17.8. The van der Waals surface area contributed by atoms with Gasteiger partial charge in [0.2, 0.25) is 0 Å². The maximum Gasteiger partial charge on any atom is 0.335 e. The Labute approximate surface area is 145 Å². The van der Waals surface area contributed by atoms with Gasteiger partial charge in [-0.05, 0) is 47.9 Å². The molecule has 0 aliphatic carbocycles. The van der Waals surface area contributed by atoms with Crippen molar-refractivity contribution in [1.82, 2.24) is 0 Å². The first-order valence-electron chi connectivity index (χ1n) is 7.46. The molecule has 0 aliphatic heterocycles. The number of ether oxygens (including phenoxy) is 1. The monoisotopic (exact) mass is 335 g/mol. The highest BCUT2D eigenvalue weighted by atomic mass is 16.5. The molecule has 5 heteroatoms. The van der Waals surface area contributed by atoms with Gasteiger partial charge in [0.1, 0.15) is 0 Å². The minimum Gasteiger partial charge on any atom is -0.504 e. The second kappa shape index (κ2) is 7.84. The zero-order valence-electron chi connectivity index (χ0n) is 13.7. The number of phenols is 1. The molecule has 0 bridgehead atoms. The summed E-state index contributed by atoms with van der Waals surface area (Å²) >= 11 is 0. The van der Waals surface area contributed by atoms with Gasteiger partial charge in [-0.25, -0.2) is 4.79 Å². The van der Waals surface area contributed by atoms with Crippen LogP contribution in [0.5, 0.6) is 11.5 Å². The molecule has 2 aromatic carbocycles. The third-order valence-corrected chi connectivity index (χ3v) is 3.63. The lowest BCUT2D eigenvalue weighted by Crippen LogP contribution is -1.95. The lowest BCUT2D eigenvalue weighted by atomic mass is 10.00. The molecule has 0 aromatic heterocycles. The van der Waals surface area contributed by atoms with Gasteiger partial charge in [-0.1, -0.05) is 18.2 Å². The maximum absolute atomic E-state index is 10.9. The van der Waals surface area contributed by atoms with Gasteiger partial charge in [0, 0.05) is 5.56 Å². The number of carbonyl (C=O) groups is 1. The molecule has 25 heavy (non-hydrogen) atoms. The number of phenolic OH excluding ortho intramolecular Hbond substituents is 1. The highest BCUT2D eigenvalue weighted by Crippen LogP contribution is 2.33. The number of carboxylic acids is 1. The van der Waals surface area contributed by atoms with Crippen molar-refractivity contribution in [3.63, 3.8) is 0 Å². The maximum atomic E-state index is 10.9. The first-order valence-corrected chi connectivity index (χ1v) is 7.46. The summed E-state index contributed by atoms with van der Waals surface area (Å²) in [5.74, 6) is -0.667. The van der Waals surface area contributed by atoms with Crippen molar-refractivity contribution in [3.8, 4) is 17.6 Å². The summed E-state index contributed by atoms with van der Waals surface area (Å²) < 4.78 is 5.17. The zero-order chi connectivity index (χ0) is 18.4. The molecule has 0 fully saturated rings. The molecule has 0 heterocycles. The van der Waals surface area contributed by atoms with Crippen molar-refractivity contribution in [1.29, 1.82) is 5.26 Å². The fraction of sp³-hybridized carbons (Fsp3) is 0.100. The van der Waals surface area contributed by atoms with E-state index in [0.29, 0.717) is 34.4 Å². The third kappa shape index (κ3) is 4.06. The molecule has 126 valence electrons. The Bertz CT molecular complexity index is 874. The van der Waals surface area contributed by atoms with E-state index in [0.717, 1.165) is 0 Å². The van der Waals surface area contributed by atoms with Crippen molar-refractivity contribution < 1.29 is 19.7 Å². The summed E-state index contributed by atoms with van der Waals surface area (Å²) in [5.41, 5.74) is 2.45. The largest absolute Gasteiger partial charge is 0.504 e. The number of carboxylic acid groups (broad SMARTS) is 1. The van der Waals surface area contributed by atoms with E-state index in [-0.39, 0.29) is 11.3 Å². The number of benzene rings is 2. The van der Waals surface area contributed by atoms with Crippen LogP contribution in [0.2, 0.25) is 0 Å². The summed E-state index contributed by atoms with van der Waals surface area (Å²) in [6.07, 6.45) is 3.78. The van der Waals surface area contributed by atoms with Gasteiger partial charge in [-0.15, -0.1) is 6.58 Å². The van der Waals surface area contributed by atoms with Gasteiger partial charge >= 0.3 is 5.97 Å². The SMILES string of the molecule is C=CCc1cc(/C=C(/C#N)c2ccc(C(=O)O)cc2)cc(OC)c1O. The van der Waals surface area contributed by atoms with Crippen LogP contribution in [0, 0.1) is 11.3 Å². The molecule has 0 saturated carbocycles. The quantitative estimate of drug-likeness (QED) is 0.475. The Morgan fingerprint density at radius 1 is 1.28 bits per heavy atom. The van der Waals surface area contributed by atoms with Crippen molar-refractivity contribution in [2.75, 3.05) is 7.11 Å². The van der Waals surface area contributed by atoms with Crippen LogP contribution in [-0.2, 0) is 6.42 Å². The number of hydrogen-bond donors (Lipinski definition) is 2. The molecule has 5 nitrogen and oxygen atoms in total. The Balaban J connectivity index is 2.48. The Morgan fingerprint density at radius 2 is 1.92 bits per heavy atom. The highest BCUT2D eigenvalue weighted by molar-refractivity contribution is 5.92. The van der Waals surface area contributed by atoms with Crippen LogP contribution in [-0.4, -0.2) is 23.3 Å². The molecule has 0 atom stereocenters. The fourth-order valence-corrected chi connectivity index (χ4v) is 2.38. The number of nitriles is 1. The van der Waals surface area contributed by atoms with E-state index < -0.39 is 5.97 Å². The Morgan fingerprint density at radius 3 is 2.44 bits per heavy atom. The zero-order valence-corrected chi connectivity index (χ0v) is 13.7. The third-order valence-electron chi connectivity index (χ3n) is 3.63. The molecule has 2 aromatic rings. The Kier molecular flexibility index (Phi) is 5.59. The summed E-state index contributed by atoms with van der Waals surface area (Å²) in [5, 5.41) is 28.5. The van der Waals surface area contributed by atoms with E-state index in [1.807, 2.05) is 0 Å². The molecule has 2 N–H and O–H groups in total. The molecular weight excluding hydrogens is 318 g/mol. The number of allylic oxidation sites excluding steroid dienone is 2. The van der Waals surface area contributed by atoms with Crippen molar-refractivity contribution in [2.24, 2.45) is 0 Å². The molecular formula is C20H17NO4. The van der Waals surface area contributed by atoms with Crippen LogP contribution in [0.4, 0.5) is 0 Å². The van der Waals surface area contributed by atoms with Gasteiger partial charge in [0.25, 0.3) is 0 Å². The molecule has 0 saturated heterocycles. The van der Waals surface area contributed by atoms with Crippen molar-refractivity contribution in [2.45, 2.75) is 6.42 Å². The highest BCUT2D eigenvalue weighted by Gasteiger charge is 2.10. The van der Waals surface area contributed by atoms with Crippen LogP contribution in [0.15, 0.2) is 49.1 Å². The molecule has 0 radical (unpaired) electrons. The van der Waals surface area contributed by atoms with Gasteiger partial charge in [-0.3, -0.25) is 0 Å². The predicted molar refractivity (Wildman–Crippen MR) is 95.4 cm³/mol. The van der Waals surface area contributed by atoms with Gasteiger partial charge in [0.15, 0.2) is 11.5 Å². The minimum absolute atomic E-state index is 0.0452. The van der Waals surface area contributed by atoms with Crippen molar-refractivity contribution in [3.05, 3.63) is 71.3 Å². The number of rotatable bonds is 6. The fourth-order valence-electron chi connectivity index (χ4n) is 2.38. The van der Waals surface area contributed by atoms with E-state index >= 15 is 0 Å². The van der Waals surface area contributed by atoms with E-state index in [4.69, 9.17) is 9.84 Å². The average Bonchev–Trinajstić information content (AvgIpc) is 2.62.